The zero-order valence-corrected chi connectivity index (χ0v) is 16.2. The molecular weight excluding hydrogens is 380 g/mol. The number of carbonyl (C=O) groups excluding carboxylic acids is 1. The lowest BCUT2D eigenvalue weighted by Gasteiger charge is -2.42. The monoisotopic (exact) mass is 400 g/mol. The minimum atomic E-state index is -0.0797. The molecule has 1 aromatic carbocycles. The molecule has 0 unspecified atom stereocenters. The average Bonchev–Trinajstić information content (AvgIpc) is 3.44. The zero-order valence-electron chi connectivity index (χ0n) is 16.2. The molecule has 5 heterocycles. The van der Waals surface area contributed by atoms with E-state index in [0.717, 1.165) is 23.1 Å². The lowest BCUT2D eigenvalue weighted by atomic mass is 9.83. The van der Waals surface area contributed by atoms with Crippen LogP contribution in [0.4, 0.5) is 0 Å². The van der Waals surface area contributed by atoms with Crippen molar-refractivity contribution in [1.82, 2.24) is 29.4 Å². The fraction of sp³-hybridized carbons (Fsp3) is 0.273. The summed E-state index contributed by atoms with van der Waals surface area (Å²) in [6.07, 6.45) is 4.35. The largest absolute Gasteiger partial charge is 0.344 e. The first-order valence-electron chi connectivity index (χ1n) is 10.1. The normalized spacial score (nSPS) is 20.3. The van der Waals surface area contributed by atoms with Crippen LogP contribution >= 0.6 is 0 Å². The van der Waals surface area contributed by atoms with Crippen molar-refractivity contribution in [2.24, 2.45) is 5.92 Å². The smallest absolute Gasteiger partial charge is 0.289 e. The summed E-state index contributed by atoms with van der Waals surface area (Å²) in [5.74, 6) is 1.27. The molecule has 2 bridgehead atoms. The molecule has 2 aliphatic rings. The van der Waals surface area contributed by atoms with Crippen molar-refractivity contribution in [3.8, 4) is 11.4 Å². The molecular formula is C22H20N6O2. The number of carbonyl (C=O) groups is 1. The van der Waals surface area contributed by atoms with Crippen LogP contribution < -0.4 is 5.56 Å². The molecule has 6 rings (SSSR count). The summed E-state index contributed by atoms with van der Waals surface area (Å²) in [5, 5.41) is 0. The number of likely N-dealkylation sites (tertiary alicyclic amines) is 1. The molecule has 0 spiro atoms. The highest BCUT2D eigenvalue weighted by Gasteiger charge is 2.37. The fourth-order valence-corrected chi connectivity index (χ4v) is 4.91. The number of imidazole rings is 2. The zero-order chi connectivity index (χ0) is 20.2. The van der Waals surface area contributed by atoms with E-state index in [1.807, 2.05) is 45.9 Å². The van der Waals surface area contributed by atoms with Crippen molar-refractivity contribution >= 4 is 16.9 Å². The molecule has 2 atom stereocenters. The van der Waals surface area contributed by atoms with Crippen LogP contribution in [0, 0.1) is 5.92 Å². The summed E-state index contributed by atoms with van der Waals surface area (Å²) < 4.78 is 1.87. The molecule has 0 radical (unpaired) electrons. The molecule has 1 amide bonds. The third-order valence-corrected chi connectivity index (χ3v) is 6.24. The van der Waals surface area contributed by atoms with Gasteiger partial charge in [0.05, 0.1) is 16.6 Å². The number of pyridine rings is 1. The van der Waals surface area contributed by atoms with Gasteiger partial charge in [-0.3, -0.25) is 9.59 Å². The van der Waals surface area contributed by atoms with E-state index >= 15 is 0 Å². The lowest BCUT2D eigenvalue weighted by molar-refractivity contribution is 0.0584. The summed E-state index contributed by atoms with van der Waals surface area (Å²) in [6, 6.07) is 11.5. The molecule has 0 aliphatic carbocycles. The minimum absolute atomic E-state index is 0.0192. The van der Waals surface area contributed by atoms with E-state index in [9.17, 15) is 9.59 Å². The molecule has 2 N–H and O–H groups in total. The van der Waals surface area contributed by atoms with Crippen LogP contribution in [0.5, 0.6) is 0 Å². The molecule has 150 valence electrons. The number of piperidine rings is 1. The van der Waals surface area contributed by atoms with Crippen LogP contribution in [-0.2, 0) is 6.54 Å². The Labute approximate surface area is 171 Å². The van der Waals surface area contributed by atoms with Gasteiger partial charge >= 0.3 is 0 Å². The van der Waals surface area contributed by atoms with E-state index in [0.29, 0.717) is 36.8 Å². The first-order chi connectivity index (χ1) is 14.7. The molecule has 0 saturated carbocycles. The Balaban J connectivity index is 1.32. The van der Waals surface area contributed by atoms with Gasteiger partial charge in [0.1, 0.15) is 5.82 Å². The molecule has 3 aromatic heterocycles. The van der Waals surface area contributed by atoms with Crippen LogP contribution in [0.1, 0.15) is 28.7 Å². The minimum Gasteiger partial charge on any atom is -0.344 e. The van der Waals surface area contributed by atoms with Gasteiger partial charge in [-0.1, -0.05) is 12.1 Å². The van der Waals surface area contributed by atoms with Gasteiger partial charge in [-0.25, -0.2) is 9.97 Å². The van der Waals surface area contributed by atoms with Gasteiger partial charge in [-0.05, 0) is 36.6 Å². The molecule has 1 saturated heterocycles. The molecule has 1 fully saturated rings. The Morgan fingerprint density at radius 1 is 1.10 bits per heavy atom. The third kappa shape index (κ3) is 2.60. The number of H-pyrrole nitrogens is 2. The van der Waals surface area contributed by atoms with Crippen LogP contribution in [0.15, 0.2) is 53.6 Å². The first kappa shape index (κ1) is 17.2. The second-order valence-electron chi connectivity index (χ2n) is 8.14. The Morgan fingerprint density at radius 3 is 2.83 bits per heavy atom. The maximum absolute atomic E-state index is 13.1. The molecule has 2 aliphatic heterocycles. The highest BCUT2D eigenvalue weighted by atomic mass is 16.2. The second-order valence-corrected chi connectivity index (χ2v) is 8.14. The SMILES string of the molecule is O=C(c1nc2ccccc2[nH]1)N1C[C@@H]2C[C@H](C1)c1ccc(-c3ncc[nH]3)c(=O)n1C2. The van der Waals surface area contributed by atoms with Gasteiger partial charge in [0.2, 0.25) is 0 Å². The second kappa shape index (κ2) is 6.41. The predicted octanol–water partition coefficient (Wildman–Crippen LogP) is 2.37. The number of amides is 1. The molecule has 8 heteroatoms. The van der Waals surface area contributed by atoms with Gasteiger partial charge in [0, 0.05) is 43.6 Å². The van der Waals surface area contributed by atoms with E-state index in [1.165, 1.54) is 0 Å². The fourth-order valence-electron chi connectivity index (χ4n) is 4.91. The number of fused-ring (bicyclic) bond motifs is 5. The Kier molecular flexibility index (Phi) is 3.68. The Bertz CT molecular complexity index is 1290. The highest BCUT2D eigenvalue weighted by molar-refractivity contribution is 5.94. The number of rotatable bonds is 2. The first-order valence-corrected chi connectivity index (χ1v) is 10.1. The van der Waals surface area contributed by atoms with E-state index in [-0.39, 0.29) is 23.3 Å². The number of para-hydroxylation sites is 2. The van der Waals surface area contributed by atoms with Crippen LogP contribution in [0.2, 0.25) is 0 Å². The summed E-state index contributed by atoms with van der Waals surface area (Å²) >= 11 is 0. The number of aromatic amines is 2. The van der Waals surface area contributed by atoms with Gasteiger partial charge in [-0.15, -0.1) is 0 Å². The number of hydrogen-bond donors (Lipinski definition) is 2. The van der Waals surface area contributed by atoms with E-state index < -0.39 is 0 Å². The maximum Gasteiger partial charge on any atom is 0.289 e. The van der Waals surface area contributed by atoms with Crippen molar-refractivity contribution in [2.75, 3.05) is 13.1 Å². The number of aromatic nitrogens is 5. The molecule has 8 nitrogen and oxygen atoms in total. The summed E-state index contributed by atoms with van der Waals surface area (Å²) in [7, 11) is 0. The third-order valence-electron chi connectivity index (χ3n) is 6.24. The van der Waals surface area contributed by atoms with E-state index in [4.69, 9.17) is 0 Å². The number of hydrogen-bond acceptors (Lipinski definition) is 4. The van der Waals surface area contributed by atoms with Crippen molar-refractivity contribution in [3.05, 3.63) is 70.7 Å². The van der Waals surface area contributed by atoms with E-state index in [1.54, 1.807) is 12.4 Å². The van der Waals surface area contributed by atoms with E-state index in [2.05, 4.69) is 19.9 Å². The van der Waals surface area contributed by atoms with Gasteiger partial charge < -0.3 is 19.4 Å². The Morgan fingerprint density at radius 2 is 2.00 bits per heavy atom. The average molecular weight is 400 g/mol. The summed E-state index contributed by atoms with van der Waals surface area (Å²) in [5.41, 5.74) is 3.21. The van der Waals surface area contributed by atoms with Crippen molar-refractivity contribution < 1.29 is 4.79 Å². The number of nitrogens with zero attached hydrogens (tertiary/aromatic N) is 4. The van der Waals surface area contributed by atoms with Crippen molar-refractivity contribution in [1.29, 1.82) is 0 Å². The van der Waals surface area contributed by atoms with Gasteiger partial charge in [0.25, 0.3) is 11.5 Å². The molecule has 4 aromatic rings. The maximum atomic E-state index is 13.1. The number of benzene rings is 1. The summed E-state index contributed by atoms with van der Waals surface area (Å²) in [4.78, 5) is 43.0. The molecule has 30 heavy (non-hydrogen) atoms. The van der Waals surface area contributed by atoms with Crippen LogP contribution in [-0.4, -0.2) is 48.4 Å². The Hall–Kier alpha value is -3.68. The quantitative estimate of drug-likeness (QED) is 0.540. The number of nitrogens with one attached hydrogen (secondary N) is 2. The lowest BCUT2D eigenvalue weighted by Crippen LogP contribution is -2.49. The highest BCUT2D eigenvalue weighted by Crippen LogP contribution is 2.36. The predicted molar refractivity (Wildman–Crippen MR) is 111 cm³/mol. The summed E-state index contributed by atoms with van der Waals surface area (Å²) in [6.45, 7) is 1.83. The topological polar surface area (TPSA) is 99.7 Å². The van der Waals surface area contributed by atoms with Crippen molar-refractivity contribution in [2.45, 2.75) is 18.9 Å². The van der Waals surface area contributed by atoms with Crippen LogP contribution in [0.3, 0.4) is 0 Å². The standard InChI is InChI=1S/C22H20N6O2/c29-21-15(19-23-7-8-24-19)5-6-18-14-9-13(11-28(18)21)10-27(12-14)22(30)20-25-16-3-1-2-4-17(16)26-20/h1-8,13-14H,9-12H2,(H,23,24)(H,25,26)/t13-,14+/m0/s1. The van der Waals surface area contributed by atoms with Crippen LogP contribution in [0.25, 0.3) is 22.4 Å². The van der Waals surface area contributed by atoms with Gasteiger partial charge in [-0.2, -0.15) is 0 Å². The van der Waals surface area contributed by atoms with Crippen molar-refractivity contribution in [3.63, 3.8) is 0 Å². The van der Waals surface area contributed by atoms with Gasteiger partial charge in [0.15, 0.2) is 5.82 Å².